The van der Waals surface area contributed by atoms with Gasteiger partial charge in [-0.05, 0) is 24.3 Å². The summed E-state index contributed by atoms with van der Waals surface area (Å²) in [5, 5.41) is 3.39. The molecule has 0 aliphatic rings. The van der Waals surface area contributed by atoms with Gasteiger partial charge in [-0.25, -0.2) is 0 Å². The minimum absolute atomic E-state index is 0.462. The lowest BCUT2D eigenvalue weighted by molar-refractivity contribution is 0.275. The molecule has 0 spiro atoms. The molecule has 0 saturated heterocycles. The second-order valence-corrected chi connectivity index (χ2v) is 5.25. The highest BCUT2D eigenvalue weighted by atomic mass is 14.9. The Morgan fingerprint density at radius 2 is 1.50 bits per heavy atom. The van der Waals surface area contributed by atoms with Gasteiger partial charge in [-0.2, -0.15) is 0 Å². The van der Waals surface area contributed by atoms with E-state index in [0.29, 0.717) is 5.41 Å². The molecule has 0 radical (unpaired) electrons. The summed E-state index contributed by atoms with van der Waals surface area (Å²) in [6.07, 6.45) is 2.56. The number of nitrogens with one attached hydrogen (secondary N) is 1. The van der Waals surface area contributed by atoms with Crippen molar-refractivity contribution in [3.8, 4) is 0 Å². The predicted octanol–water partition coefficient (Wildman–Crippen LogP) is 4.08. The third-order valence-electron chi connectivity index (χ3n) is 1.81. The monoisotopic (exact) mass is 201 g/mol. The van der Waals surface area contributed by atoms with E-state index in [1.165, 1.54) is 12.8 Å². The molecule has 1 N–H and O–H groups in total. The van der Waals surface area contributed by atoms with Gasteiger partial charge in [0.05, 0.1) is 0 Å². The van der Waals surface area contributed by atoms with Gasteiger partial charge in [0.15, 0.2) is 0 Å². The molecule has 0 heterocycles. The summed E-state index contributed by atoms with van der Waals surface area (Å²) < 4.78 is 0. The summed E-state index contributed by atoms with van der Waals surface area (Å²) in [6.45, 7) is 17.9. The molecule has 1 heteroatoms. The summed E-state index contributed by atoms with van der Waals surface area (Å²) in [5.74, 6) is 0.809. The van der Waals surface area contributed by atoms with Crippen LogP contribution >= 0.6 is 0 Å². The van der Waals surface area contributed by atoms with Crippen LogP contribution in [0.1, 0.15) is 61.3 Å². The van der Waals surface area contributed by atoms with Crippen molar-refractivity contribution in [3.05, 3.63) is 0 Å². The zero-order valence-electron chi connectivity index (χ0n) is 11.4. The third-order valence-corrected chi connectivity index (χ3v) is 1.81. The van der Waals surface area contributed by atoms with Crippen molar-refractivity contribution in [3.63, 3.8) is 0 Å². The van der Waals surface area contributed by atoms with Crippen LogP contribution in [-0.2, 0) is 0 Å². The molecule has 0 bridgehead atoms. The van der Waals surface area contributed by atoms with Crippen molar-refractivity contribution < 1.29 is 0 Å². The first-order chi connectivity index (χ1) is 6.39. The Balaban J connectivity index is 0. The molecule has 0 aromatic carbocycles. The highest BCUT2D eigenvalue weighted by Gasteiger charge is 2.17. The van der Waals surface area contributed by atoms with E-state index in [9.17, 15) is 0 Å². The summed E-state index contributed by atoms with van der Waals surface area (Å²) in [5.41, 5.74) is 0.462. The van der Waals surface area contributed by atoms with Crippen LogP contribution in [0.15, 0.2) is 0 Å². The summed E-state index contributed by atoms with van der Waals surface area (Å²) >= 11 is 0. The van der Waals surface area contributed by atoms with Crippen LogP contribution < -0.4 is 5.32 Å². The van der Waals surface area contributed by atoms with E-state index in [4.69, 9.17) is 0 Å². The molecule has 0 unspecified atom stereocenters. The fraction of sp³-hybridized carbons (Fsp3) is 1.00. The van der Waals surface area contributed by atoms with Gasteiger partial charge in [0.1, 0.15) is 0 Å². The van der Waals surface area contributed by atoms with Gasteiger partial charge < -0.3 is 5.32 Å². The van der Waals surface area contributed by atoms with Crippen molar-refractivity contribution in [1.29, 1.82) is 0 Å². The van der Waals surface area contributed by atoms with Crippen molar-refractivity contribution in [2.45, 2.75) is 61.3 Å². The van der Waals surface area contributed by atoms with E-state index >= 15 is 0 Å². The summed E-state index contributed by atoms with van der Waals surface area (Å²) in [6, 6.07) is 0. The van der Waals surface area contributed by atoms with Gasteiger partial charge in [0, 0.05) is 6.54 Å². The molecular formula is C13H31N. The first-order valence-corrected chi connectivity index (χ1v) is 6.10. The average Bonchev–Trinajstić information content (AvgIpc) is 2.00. The predicted molar refractivity (Wildman–Crippen MR) is 67.7 cm³/mol. The number of hydrogen-bond acceptors (Lipinski definition) is 1. The van der Waals surface area contributed by atoms with E-state index in [-0.39, 0.29) is 0 Å². The van der Waals surface area contributed by atoms with E-state index < -0.39 is 0 Å². The lowest BCUT2D eigenvalue weighted by Gasteiger charge is -2.26. The Morgan fingerprint density at radius 1 is 1.07 bits per heavy atom. The molecule has 0 rings (SSSR count). The van der Waals surface area contributed by atoms with Crippen LogP contribution in [0.25, 0.3) is 0 Å². The van der Waals surface area contributed by atoms with Crippen molar-refractivity contribution in [2.24, 2.45) is 11.3 Å². The van der Waals surface area contributed by atoms with Crippen LogP contribution in [0.4, 0.5) is 0 Å². The SMILES string of the molecule is CCC.CCNCC(C)(C)CC(C)C. The van der Waals surface area contributed by atoms with Gasteiger partial charge in [-0.1, -0.05) is 54.9 Å². The molecule has 0 aliphatic heterocycles. The lowest BCUT2D eigenvalue weighted by Crippen LogP contribution is -2.30. The van der Waals surface area contributed by atoms with E-state index in [1.807, 2.05) is 0 Å². The molecular weight excluding hydrogens is 170 g/mol. The van der Waals surface area contributed by atoms with Gasteiger partial charge in [0.25, 0.3) is 0 Å². The van der Waals surface area contributed by atoms with Crippen LogP contribution in [0.3, 0.4) is 0 Å². The van der Waals surface area contributed by atoms with Gasteiger partial charge in [-0.3, -0.25) is 0 Å². The second-order valence-electron chi connectivity index (χ2n) is 5.25. The molecule has 0 aromatic rings. The van der Waals surface area contributed by atoms with Crippen molar-refractivity contribution in [1.82, 2.24) is 5.32 Å². The fourth-order valence-corrected chi connectivity index (χ4v) is 1.64. The normalized spacial score (nSPS) is 11.1. The average molecular weight is 201 g/mol. The quantitative estimate of drug-likeness (QED) is 0.706. The van der Waals surface area contributed by atoms with E-state index in [1.54, 1.807) is 0 Å². The first-order valence-electron chi connectivity index (χ1n) is 6.10. The molecule has 0 saturated carbocycles. The Bertz CT molecular complexity index is 106. The Morgan fingerprint density at radius 3 is 1.79 bits per heavy atom. The second kappa shape index (κ2) is 9.51. The first kappa shape index (κ1) is 16.4. The minimum atomic E-state index is 0.462. The zero-order chi connectivity index (χ0) is 11.6. The fourth-order valence-electron chi connectivity index (χ4n) is 1.64. The maximum Gasteiger partial charge on any atom is 0.000250 e. The topological polar surface area (TPSA) is 12.0 Å². The molecule has 0 fully saturated rings. The zero-order valence-corrected chi connectivity index (χ0v) is 11.4. The molecule has 0 aliphatic carbocycles. The Kier molecular flexibility index (Phi) is 11.1. The van der Waals surface area contributed by atoms with Crippen LogP contribution in [0, 0.1) is 11.3 Å². The third kappa shape index (κ3) is 14.5. The number of rotatable bonds is 5. The maximum atomic E-state index is 3.39. The van der Waals surface area contributed by atoms with Gasteiger partial charge in [0.2, 0.25) is 0 Å². The van der Waals surface area contributed by atoms with E-state index in [2.05, 4.69) is 53.8 Å². The summed E-state index contributed by atoms with van der Waals surface area (Å²) in [4.78, 5) is 0. The Hall–Kier alpha value is -0.0400. The highest BCUT2D eigenvalue weighted by Crippen LogP contribution is 2.23. The Labute approximate surface area is 91.7 Å². The van der Waals surface area contributed by atoms with E-state index in [0.717, 1.165) is 19.0 Å². The lowest BCUT2D eigenvalue weighted by atomic mass is 9.84. The maximum absolute atomic E-state index is 3.39. The van der Waals surface area contributed by atoms with Crippen LogP contribution in [0.2, 0.25) is 0 Å². The minimum Gasteiger partial charge on any atom is -0.316 e. The molecule has 0 amide bonds. The largest absolute Gasteiger partial charge is 0.316 e. The van der Waals surface area contributed by atoms with Crippen molar-refractivity contribution >= 4 is 0 Å². The summed E-state index contributed by atoms with van der Waals surface area (Å²) in [7, 11) is 0. The van der Waals surface area contributed by atoms with Crippen LogP contribution in [0.5, 0.6) is 0 Å². The van der Waals surface area contributed by atoms with Gasteiger partial charge in [-0.15, -0.1) is 0 Å². The molecule has 14 heavy (non-hydrogen) atoms. The number of hydrogen-bond donors (Lipinski definition) is 1. The molecule has 88 valence electrons. The standard InChI is InChI=1S/C10H23N.C3H8/c1-6-11-8-10(4,5)7-9(2)3;1-3-2/h9,11H,6-8H2,1-5H3;3H2,1-2H3. The molecule has 0 atom stereocenters. The van der Waals surface area contributed by atoms with Crippen LogP contribution in [-0.4, -0.2) is 13.1 Å². The molecule has 1 nitrogen and oxygen atoms in total. The highest BCUT2D eigenvalue weighted by molar-refractivity contribution is 4.72. The van der Waals surface area contributed by atoms with Gasteiger partial charge >= 0.3 is 0 Å². The smallest absolute Gasteiger partial charge is 0.000250 e. The van der Waals surface area contributed by atoms with Crippen molar-refractivity contribution in [2.75, 3.05) is 13.1 Å². The molecule has 0 aromatic heterocycles.